The second-order valence-electron chi connectivity index (χ2n) is 3.29. The lowest BCUT2D eigenvalue weighted by molar-refractivity contribution is 0.629. The van der Waals surface area contributed by atoms with Gasteiger partial charge in [0, 0.05) is 23.2 Å². The molecular formula is C11H9BrFN3. The lowest BCUT2D eigenvalue weighted by atomic mass is 10.1. The molecule has 0 amide bonds. The van der Waals surface area contributed by atoms with E-state index in [9.17, 15) is 4.39 Å². The molecule has 0 aliphatic heterocycles. The minimum Gasteiger partial charge on any atom is -0.250 e. The van der Waals surface area contributed by atoms with Gasteiger partial charge < -0.3 is 0 Å². The van der Waals surface area contributed by atoms with Crippen molar-refractivity contribution < 1.29 is 4.39 Å². The Kier molecular flexibility index (Phi) is 2.87. The van der Waals surface area contributed by atoms with Crippen LogP contribution >= 0.6 is 15.9 Å². The fourth-order valence-electron chi connectivity index (χ4n) is 1.43. The van der Waals surface area contributed by atoms with Crippen LogP contribution in [0.25, 0.3) is 11.3 Å². The van der Waals surface area contributed by atoms with Crippen LogP contribution in [0.2, 0.25) is 0 Å². The monoisotopic (exact) mass is 281 g/mol. The first-order valence-electron chi connectivity index (χ1n) is 4.58. The molecular weight excluding hydrogens is 273 g/mol. The van der Waals surface area contributed by atoms with E-state index < -0.39 is 0 Å². The molecule has 5 heteroatoms. The van der Waals surface area contributed by atoms with Crippen LogP contribution < -0.4 is 0 Å². The van der Waals surface area contributed by atoms with E-state index in [2.05, 4.69) is 32.7 Å². The van der Waals surface area contributed by atoms with Gasteiger partial charge in [-0.3, -0.25) is 4.68 Å². The fraction of sp³-hybridized carbons (Fsp3) is 0.0909. The Morgan fingerprint density at radius 2 is 2.19 bits per heavy atom. The van der Waals surface area contributed by atoms with Gasteiger partial charge in [0.2, 0.25) is 0 Å². The number of aryl methyl sites for hydroxylation is 1. The second-order valence-corrected chi connectivity index (χ2v) is 4.21. The topological polar surface area (TPSA) is 30.2 Å². The van der Waals surface area contributed by atoms with E-state index in [-0.39, 0.29) is 5.82 Å². The van der Waals surface area contributed by atoms with Crippen molar-refractivity contribution in [2.75, 3.05) is 0 Å². The Morgan fingerprint density at radius 1 is 1.44 bits per heavy atom. The SMILES string of the molecule is C=Nc1cc(-c2ccc(Br)cc2F)nn1C. The van der Waals surface area contributed by atoms with Gasteiger partial charge in [-0.1, -0.05) is 15.9 Å². The summed E-state index contributed by atoms with van der Waals surface area (Å²) in [7, 11) is 1.74. The molecule has 1 aromatic carbocycles. The number of aliphatic imine (C=N–C) groups is 1. The quantitative estimate of drug-likeness (QED) is 0.777. The summed E-state index contributed by atoms with van der Waals surface area (Å²) in [6, 6.07) is 6.55. The van der Waals surface area contributed by atoms with Gasteiger partial charge in [-0.15, -0.1) is 0 Å². The van der Waals surface area contributed by atoms with Crippen molar-refractivity contribution in [1.82, 2.24) is 9.78 Å². The summed E-state index contributed by atoms with van der Waals surface area (Å²) in [6.45, 7) is 3.42. The number of aromatic nitrogens is 2. The molecule has 0 saturated heterocycles. The van der Waals surface area contributed by atoms with E-state index in [0.717, 1.165) is 0 Å². The average molecular weight is 282 g/mol. The summed E-state index contributed by atoms with van der Waals surface area (Å²) in [4.78, 5) is 3.78. The van der Waals surface area contributed by atoms with Crippen molar-refractivity contribution in [2.45, 2.75) is 0 Å². The molecule has 0 spiro atoms. The molecule has 0 fully saturated rings. The van der Waals surface area contributed by atoms with Gasteiger partial charge in [0.25, 0.3) is 0 Å². The molecule has 0 unspecified atom stereocenters. The molecule has 0 bridgehead atoms. The van der Waals surface area contributed by atoms with Crippen LogP contribution in [0.15, 0.2) is 33.7 Å². The van der Waals surface area contributed by atoms with Gasteiger partial charge >= 0.3 is 0 Å². The maximum Gasteiger partial charge on any atom is 0.150 e. The highest BCUT2D eigenvalue weighted by Gasteiger charge is 2.10. The highest BCUT2D eigenvalue weighted by Crippen LogP contribution is 2.27. The molecule has 0 radical (unpaired) electrons. The minimum absolute atomic E-state index is 0.317. The lowest BCUT2D eigenvalue weighted by Gasteiger charge is -1.99. The van der Waals surface area contributed by atoms with Crippen molar-refractivity contribution in [3.63, 3.8) is 0 Å². The van der Waals surface area contributed by atoms with Crippen molar-refractivity contribution in [3.05, 3.63) is 34.6 Å². The van der Waals surface area contributed by atoms with Crippen LogP contribution in [-0.4, -0.2) is 16.5 Å². The van der Waals surface area contributed by atoms with Crippen LogP contribution in [0, 0.1) is 5.82 Å². The van der Waals surface area contributed by atoms with Gasteiger partial charge in [-0.25, -0.2) is 9.38 Å². The van der Waals surface area contributed by atoms with E-state index in [4.69, 9.17) is 0 Å². The Morgan fingerprint density at radius 3 is 2.75 bits per heavy atom. The molecule has 0 saturated carbocycles. The van der Waals surface area contributed by atoms with Crippen molar-refractivity contribution >= 4 is 28.5 Å². The lowest BCUT2D eigenvalue weighted by Crippen LogP contribution is -1.90. The van der Waals surface area contributed by atoms with Crippen molar-refractivity contribution in [1.29, 1.82) is 0 Å². The van der Waals surface area contributed by atoms with Gasteiger partial charge in [0.05, 0.1) is 5.69 Å². The summed E-state index contributed by atoms with van der Waals surface area (Å²) < 4.78 is 15.9. The molecule has 1 heterocycles. The average Bonchev–Trinajstić information content (AvgIpc) is 2.59. The molecule has 0 atom stereocenters. The first kappa shape index (κ1) is 11.0. The number of hydrogen-bond donors (Lipinski definition) is 0. The van der Waals surface area contributed by atoms with Gasteiger partial charge in [0.1, 0.15) is 11.6 Å². The molecule has 1 aromatic heterocycles. The normalized spacial score (nSPS) is 10.4. The maximum absolute atomic E-state index is 13.7. The minimum atomic E-state index is -0.317. The summed E-state index contributed by atoms with van der Waals surface area (Å²) >= 11 is 3.21. The number of nitrogens with zero attached hydrogens (tertiary/aromatic N) is 3. The summed E-state index contributed by atoms with van der Waals surface area (Å²) in [5.74, 6) is 0.292. The van der Waals surface area contributed by atoms with Crippen LogP contribution in [0.4, 0.5) is 10.2 Å². The van der Waals surface area contributed by atoms with E-state index in [1.165, 1.54) is 6.07 Å². The molecule has 2 aromatic rings. The molecule has 82 valence electrons. The largest absolute Gasteiger partial charge is 0.250 e. The zero-order chi connectivity index (χ0) is 11.7. The third-order valence-corrected chi connectivity index (χ3v) is 2.72. The third-order valence-electron chi connectivity index (χ3n) is 2.22. The second kappa shape index (κ2) is 4.17. The highest BCUT2D eigenvalue weighted by molar-refractivity contribution is 9.10. The highest BCUT2D eigenvalue weighted by atomic mass is 79.9. The number of rotatable bonds is 2. The predicted molar refractivity (Wildman–Crippen MR) is 65.5 cm³/mol. The molecule has 0 aliphatic carbocycles. The number of benzene rings is 1. The summed E-state index contributed by atoms with van der Waals surface area (Å²) in [5, 5.41) is 4.17. The zero-order valence-electron chi connectivity index (χ0n) is 8.61. The standard InChI is InChI=1S/C11H9BrFN3/c1-14-11-6-10(15-16(11)2)8-4-3-7(12)5-9(8)13/h3-6H,1H2,2H3. The third kappa shape index (κ3) is 1.90. The first-order valence-corrected chi connectivity index (χ1v) is 5.37. The fourth-order valence-corrected chi connectivity index (χ4v) is 1.77. The summed E-state index contributed by atoms with van der Waals surface area (Å²) in [6.07, 6.45) is 0. The van der Waals surface area contributed by atoms with E-state index in [1.807, 2.05) is 0 Å². The molecule has 3 nitrogen and oxygen atoms in total. The molecule has 2 rings (SSSR count). The Balaban J connectivity index is 2.54. The van der Waals surface area contributed by atoms with Gasteiger partial charge in [0.15, 0.2) is 0 Å². The van der Waals surface area contributed by atoms with Gasteiger partial charge in [-0.2, -0.15) is 5.10 Å². The van der Waals surface area contributed by atoms with Crippen molar-refractivity contribution in [2.24, 2.45) is 12.0 Å². The Labute approximate surface area is 101 Å². The smallest absolute Gasteiger partial charge is 0.150 e. The molecule has 0 aliphatic rings. The van der Waals surface area contributed by atoms with E-state index in [0.29, 0.717) is 21.5 Å². The molecule has 16 heavy (non-hydrogen) atoms. The van der Waals surface area contributed by atoms with E-state index in [1.54, 1.807) is 29.9 Å². The number of hydrogen-bond acceptors (Lipinski definition) is 2. The van der Waals surface area contributed by atoms with Crippen LogP contribution in [-0.2, 0) is 7.05 Å². The van der Waals surface area contributed by atoms with E-state index >= 15 is 0 Å². The number of halogens is 2. The Hall–Kier alpha value is -1.49. The zero-order valence-corrected chi connectivity index (χ0v) is 10.2. The van der Waals surface area contributed by atoms with Gasteiger partial charge in [-0.05, 0) is 24.9 Å². The first-order chi connectivity index (χ1) is 7.61. The molecule has 0 N–H and O–H groups in total. The van der Waals surface area contributed by atoms with Crippen LogP contribution in [0.5, 0.6) is 0 Å². The van der Waals surface area contributed by atoms with Crippen molar-refractivity contribution in [3.8, 4) is 11.3 Å². The predicted octanol–water partition coefficient (Wildman–Crippen LogP) is 3.32. The maximum atomic E-state index is 13.7. The van der Waals surface area contributed by atoms with Crippen LogP contribution in [0.1, 0.15) is 0 Å². The Bertz CT molecular complexity index is 548. The van der Waals surface area contributed by atoms with Crippen LogP contribution in [0.3, 0.4) is 0 Å². The summed E-state index contributed by atoms with van der Waals surface area (Å²) in [5.41, 5.74) is 1.00.